The van der Waals surface area contributed by atoms with E-state index in [1.807, 2.05) is 48.5 Å². The molecule has 24 heavy (non-hydrogen) atoms. The van der Waals surface area contributed by atoms with Crippen LogP contribution in [0.3, 0.4) is 0 Å². The van der Waals surface area contributed by atoms with E-state index in [2.05, 4.69) is 15.1 Å². The Bertz CT molecular complexity index is 667. The van der Waals surface area contributed by atoms with Crippen molar-refractivity contribution in [1.82, 2.24) is 4.90 Å². The second-order valence-electron chi connectivity index (χ2n) is 5.98. The van der Waals surface area contributed by atoms with Gasteiger partial charge in [0.1, 0.15) is 5.75 Å². The third-order valence-corrected chi connectivity index (χ3v) is 4.31. The zero-order valence-corrected chi connectivity index (χ0v) is 13.7. The summed E-state index contributed by atoms with van der Waals surface area (Å²) < 4.78 is 0. The predicted molar refractivity (Wildman–Crippen MR) is 96.4 cm³/mol. The molecule has 0 atom stereocenters. The number of amides is 1. The van der Waals surface area contributed by atoms with Crippen LogP contribution in [0.1, 0.15) is 6.42 Å². The van der Waals surface area contributed by atoms with Crippen LogP contribution in [0.2, 0.25) is 0 Å². The van der Waals surface area contributed by atoms with Crippen LogP contribution in [0, 0.1) is 0 Å². The molecule has 0 aliphatic carbocycles. The number of piperazine rings is 1. The summed E-state index contributed by atoms with van der Waals surface area (Å²) in [6.07, 6.45) is 0.492. The Morgan fingerprint density at radius 1 is 0.958 bits per heavy atom. The molecule has 0 saturated carbocycles. The number of nitrogens with zero attached hydrogens (tertiary/aromatic N) is 2. The molecule has 3 rings (SSSR count). The number of carbonyl (C=O) groups is 1. The molecule has 0 bridgehead atoms. The highest BCUT2D eigenvalue weighted by atomic mass is 16.3. The summed E-state index contributed by atoms with van der Waals surface area (Å²) in [7, 11) is 0. The van der Waals surface area contributed by atoms with Gasteiger partial charge in [0, 0.05) is 44.8 Å². The second-order valence-corrected chi connectivity index (χ2v) is 5.98. The van der Waals surface area contributed by atoms with E-state index in [4.69, 9.17) is 0 Å². The van der Waals surface area contributed by atoms with Crippen molar-refractivity contribution < 1.29 is 9.90 Å². The number of hydrogen-bond acceptors (Lipinski definition) is 4. The lowest BCUT2D eigenvalue weighted by molar-refractivity contribution is -0.116. The largest absolute Gasteiger partial charge is 0.506 e. The van der Waals surface area contributed by atoms with Gasteiger partial charge in [0.05, 0.1) is 5.69 Å². The maximum atomic E-state index is 12.0. The van der Waals surface area contributed by atoms with Gasteiger partial charge in [0.2, 0.25) is 5.91 Å². The van der Waals surface area contributed by atoms with E-state index < -0.39 is 0 Å². The summed E-state index contributed by atoms with van der Waals surface area (Å²) in [6, 6.07) is 17.0. The van der Waals surface area contributed by atoms with E-state index in [1.54, 1.807) is 6.07 Å². The highest BCUT2D eigenvalue weighted by Gasteiger charge is 2.19. The Morgan fingerprint density at radius 2 is 1.62 bits per heavy atom. The van der Waals surface area contributed by atoms with Gasteiger partial charge in [-0.2, -0.15) is 0 Å². The van der Waals surface area contributed by atoms with Crippen LogP contribution in [0.15, 0.2) is 54.6 Å². The minimum absolute atomic E-state index is 0.0457. The van der Waals surface area contributed by atoms with Crippen molar-refractivity contribution in [3.8, 4) is 5.75 Å². The Balaban J connectivity index is 1.43. The summed E-state index contributed by atoms with van der Waals surface area (Å²) in [5.74, 6) is 0.373. The topological polar surface area (TPSA) is 55.8 Å². The van der Waals surface area contributed by atoms with Crippen molar-refractivity contribution in [3.05, 3.63) is 54.6 Å². The highest BCUT2D eigenvalue weighted by molar-refractivity contribution is 5.90. The Morgan fingerprint density at radius 3 is 2.33 bits per heavy atom. The van der Waals surface area contributed by atoms with Gasteiger partial charge in [-0.1, -0.05) is 30.3 Å². The van der Waals surface area contributed by atoms with Crippen molar-refractivity contribution in [2.24, 2.45) is 0 Å². The average molecular weight is 325 g/mol. The predicted octanol–water partition coefficient (Wildman–Crippen LogP) is 2.54. The number of aromatic hydroxyl groups is 1. The number of nitrogens with one attached hydrogen (secondary N) is 1. The number of benzene rings is 2. The van der Waals surface area contributed by atoms with E-state index in [-0.39, 0.29) is 5.91 Å². The smallest absolute Gasteiger partial charge is 0.225 e. The molecule has 5 heteroatoms. The summed E-state index contributed by atoms with van der Waals surface area (Å²) >= 11 is 0. The molecule has 1 aliphatic heterocycles. The molecule has 0 spiro atoms. The monoisotopic (exact) mass is 325 g/mol. The van der Waals surface area contributed by atoms with Crippen molar-refractivity contribution in [1.29, 1.82) is 0 Å². The number of phenols is 1. The number of phenolic OH excluding ortho intramolecular Hbond substituents is 1. The molecule has 1 aliphatic rings. The lowest BCUT2D eigenvalue weighted by atomic mass is 10.2. The van der Waals surface area contributed by atoms with Crippen molar-refractivity contribution in [2.45, 2.75) is 6.42 Å². The molecule has 0 aromatic heterocycles. The first-order valence-corrected chi connectivity index (χ1v) is 8.32. The van der Waals surface area contributed by atoms with E-state index >= 15 is 0 Å². The van der Waals surface area contributed by atoms with Crippen molar-refractivity contribution in [2.75, 3.05) is 42.9 Å². The molecule has 126 valence electrons. The number of carbonyl (C=O) groups excluding carboxylic acids is 1. The van der Waals surface area contributed by atoms with Crippen LogP contribution in [0.5, 0.6) is 5.75 Å². The number of rotatable bonds is 5. The molecule has 2 N–H and O–H groups in total. The van der Waals surface area contributed by atoms with E-state index in [0.717, 1.165) is 44.1 Å². The highest BCUT2D eigenvalue weighted by Crippen LogP contribution is 2.27. The van der Waals surface area contributed by atoms with Gasteiger partial charge >= 0.3 is 0 Å². The Hall–Kier alpha value is -2.53. The van der Waals surface area contributed by atoms with Crippen LogP contribution in [-0.2, 0) is 4.79 Å². The number of hydrogen-bond donors (Lipinski definition) is 2. The van der Waals surface area contributed by atoms with Crippen molar-refractivity contribution >= 4 is 17.3 Å². The molecular weight excluding hydrogens is 302 g/mol. The van der Waals surface area contributed by atoms with Crippen LogP contribution < -0.4 is 10.2 Å². The molecule has 1 amide bonds. The van der Waals surface area contributed by atoms with Gasteiger partial charge in [-0.15, -0.1) is 0 Å². The maximum absolute atomic E-state index is 12.0. The van der Waals surface area contributed by atoms with Crippen LogP contribution in [-0.4, -0.2) is 48.6 Å². The van der Waals surface area contributed by atoms with Gasteiger partial charge in [0.25, 0.3) is 0 Å². The zero-order chi connectivity index (χ0) is 16.8. The van der Waals surface area contributed by atoms with Crippen LogP contribution >= 0.6 is 0 Å². The lowest BCUT2D eigenvalue weighted by Gasteiger charge is -2.36. The standard InChI is InChI=1S/C19H23N3O2/c23-18-9-5-4-8-17(18)22-14-12-21(13-15-22)11-10-19(24)20-16-6-2-1-3-7-16/h1-9,23H,10-15H2,(H,20,24). The maximum Gasteiger partial charge on any atom is 0.225 e. The first kappa shape index (κ1) is 16.3. The fraction of sp³-hybridized carbons (Fsp3) is 0.316. The Labute approximate surface area is 142 Å². The average Bonchev–Trinajstić information content (AvgIpc) is 2.62. The van der Waals surface area contributed by atoms with Crippen LogP contribution in [0.4, 0.5) is 11.4 Å². The first-order valence-electron chi connectivity index (χ1n) is 8.32. The van der Waals surface area contributed by atoms with Crippen molar-refractivity contribution in [3.63, 3.8) is 0 Å². The normalized spacial score (nSPS) is 15.2. The Kier molecular flexibility index (Phi) is 5.33. The molecular formula is C19H23N3O2. The minimum Gasteiger partial charge on any atom is -0.506 e. The van der Waals surface area contributed by atoms with Gasteiger partial charge in [0.15, 0.2) is 0 Å². The zero-order valence-electron chi connectivity index (χ0n) is 13.7. The van der Waals surface area contributed by atoms with E-state index in [0.29, 0.717) is 12.2 Å². The molecule has 2 aromatic rings. The third kappa shape index (κ3) is 4.26. The van der Waals surface area contributed by atoms with Crippen LogP contribution in [0.25, 0.3) is 0 Å². The van der Waals surface area contributed by atoms with E-state index in [9.17, 15) is 9.90 Å². The van der Waals surface area contributed by atoms with Gasteiger partial charge in [-0.3, -0.25) is 9.69 Å². The molecule has 0 radical (unpaired) electrons. The molecule has 1 heterocycles. The number of anilines is 2. The number of para-hydroxylation sites is 3. The minimum atomic E-state index is 0.0457. The summed E-state index contributed by atoms with van der Waals surface area (Å²) in [5.41, 5.74) is 1.73. The quantitative estimate of drug-likeness (QED) is 0.887. The lowest BCUT2D eigenvalue weighted by Crippen LogP contribution is -2.47. The molecule has 5 nitrogen and oxygen atoms in total. The summed E-state index contributed by atoms with van der Waals surface area (Å²) in [5, 5.41) is 12.9. The fourth-order valence-electron chi connectivity index (χ4n) is 2.95. The summed E-state index contributed by atoms with van der Waals surface area (Å²) in [6.45, 7) is 4.27. The van der Waals surface area contributed by atoms with Gasteiger partial charge < -0.3 is 15.3 Å². The molecule has 1 fully saturated rings. The second kappa shape index (κ2) is 7.84. The first-order chi connectivity index (χ1) is 11.7. The fourth-order valence-corrected chi connectivity index (χ4v) is 2.95. The third-order valence-electron chi connectivity index (χ3n) is 4.31. The van der Waals surface area contributed by atoms with Gasteiger partial charge in [-0.05, 0) is 24.3 Å². The molecule has 0 unspecified atom stereocenters. The summed E-state index contributed by atoms with van der Waals surface area (Å²) in [4.78, 5) is 16.5. The molecule has 1 saturated heterocycles. The van der Waals surface area contributed by atoms with Gasteiger partial charge in [-0.25, -0.2) is 0 Å². The SMILES string of the molecule is O=C(CCN1CCN(c2ccccc2O)CC1)Nc1ccccc1. The molecule has 2 aromatic carbocycles. The van der Waals surface area contributed by atoms with E-state index in [1.165, 1.54) is 0 Å².